The Hall–Kier alpha value is -1.80. The summed E-state index contributed by atoms with van der Waals surface area (Å²) in [5.74, 6) is 0.927. The Morgan fingerprint density at radius 3 is 1.85 bits per heavy atom. The Kier molecular flexibility index (Phi) is 4.80. The number of benzene rings is 2. The van der Waals surface area contributed by atoms with Gasteiger partial charge in [-0.15, -0.1) is 0 Å². The summed E-state index contributed by atoms with van der Waals surface area (Å²) in [5.41, 5.74) is 3.66. The van der Waals surface area contributed by atoms with Crippen LogP contribution in [-0.2, 0) is 6.42 Å². The number of phenolic OH excluding ortho intramolecular Hbond substituents is 1. The van der Waals surface area contributed by atoms with E-state index in [4.69, 9.17) is 0 Å². The van der Waals surface area contributed by atoms with Gasteiger partial charge in [-0.05, 0) is 48.2 Å². The standard InChI is InChI=1S/C18H23NO/c1-13(2)18(19-3)12-14-4-6-15(7-5-14)16-8-10-17(20)11-9-16/h4-11,13,18-20H,12H2,1-3H3. The molecule has 0 heterocycles. The molecule has 0 bridgehead atoms. The van der Waals surface area contributed by atoms with Crippen LogP contribution >= 0.6 is 0 Å². The van der Waals surface area contributed by atoms with Crippen molar-refractivity contribution < 1.29 is 5.11 Å². The number of likely N-dealkylation sites (N-methyl/N-ethyl adjacent to an activating group) is 1. The summed E-state index contributed by atoms with van der Waals surface area (Å²) in [5, 5.41) is 12.7. The lowest BCUT2D eigenvalue weighted by Gasteiger charge is -2.20. The maximum Gasteiger partial charge on any atom is 0.115 e. The maximum atomic E-state index is 9.32. The van der Waals surface area contributed by atoms with Crippen molar-refractivity contribution in [3.05, 3.63) is 54.1 Å². The number of aromatic hydroxyl groups is 1. The first kappa shape index (κ1) is 14.6. The second-order valence-corrected chi connectivity index (χ2v) is 5.59. The zero-order valence-electron chi connectivity index (χ0n) is 12.4. The van der Waals surface area contributed by atoms with Gasteiger partial charge in [-0.25, -0.2) is 0 Å². The zero-order valence-corrected chi connectivity index (χ0v) is 12.4. The van der Waals surface area contributed by atoms with E-state index >= 15 is 0 Å². The minimum absolute atomic E-state index is 0.305. The third-order valence-corrected chi connectivity index (χ3v) is 3.79. The monoisotopic (exact) mass is 269 g/mol. The number of rotatable bonds is 5. The van der Waals surface area contributed by atoms with Crippen LogP contribution in [0.5, 0.6) is 5.75 Å². The van der Waals surface area contributed by atoms with E-state index in [1.807, 2.05) is 19.2 Å². The third-order valence-electron chi connectivity index (χ3n) is 3.79. The van der Waals surface area contributed by atoms with E-state index in [0.717, 1.165) is 12.0 Å². The first-order valence-electron chi connectivity index (χ1n) is 7.15. The second kappa shape index (κ2) is 6.58. The van der Waals surface area contributed by atoms with Crippen LogP contribution in [0.3, 0.4) is 0 Å². The van der Waals surface area contributed by atoms with Crippen molar-refractivity contribution >= 4 is 0 Å². The van der Waals surface area contributed by atoms with Crippen molar-refractivity contribution in [1.82, 2.24) is 5.32 Å². The van der Waals surface area contributed by atoms with Crippen molar-refractivity contribution in [2.45, 2.75) is 26.3 Å². The maximum absolute atomic E-state index is 9.32. The van der Waals surface area contributed by atoms with Crippen LogP contribution in [0, 0.1) is 5.92 Å². The fraction of sp³-hybridized carbons (Fsp3) is 0.333. The molecule has 2 heteroatoms. The molecule has 0 aromatic heterocycles. The average molecular weight is 269 g/mol. The van der Waals surface area contributed by atoms with Crippen LogP contribution in [-0.4, -0.2) is 18.2 Å². The van der Waals surface area contributed by atoms with E-state index in [1.54, 1.807) is 12.1 Å². The second-order valence-electron chi connectivity index (χ2n) is 5.59. The molecule has 0 amide bonds. The molecule has 2 aromatic carbocycles. The molecule has 0 fully saturated rings. The molecule has 0 aliphatic carbocycles. The topological polar surface area (TPSA) is 32.3 Å². The van der Waals surface area contributed by atoms with Gasteiger partial charge in [0.2, 0.25) is 0 Å². The summed E-state index contributed by atoms with van der Waals surface area (Å²) in [6, 6.07) is 16.5. The normalized spacial score (nSPS) is 12.6. The van der Waals surface area contributed by atoms with Crippen molar-refractivity contribution in [3.63, 3.8) is 0 Å². The summed E-state index contributed by atoms with van der Waals surface area (Å²) in [4.78, 5) is 0. The molecule has 1 atom stereocenters. The molecule has 2 aromatic rings. The molecule has 0 aliphatic heterocycles. The van der Waals surface area contributed by atoms with E-state index in [0.29, 0.717) is 17.7 Å². The molecule has 0 spiro atoms. The molecule has 106 valence electrons. The van der Waals surface area contributed by atoms with Crippen molar-refractivity contribution in [1.29, 1.82) is 0 Å². The van der Waals surface area contributed by atoms with Gasteiger partial charge in [0.1, 0.15) is 5.75 Å². The van der Waals surface area contributed by atoms with Gasteiger partial charge in [-0.2, -0.15) is 0 Å². The van der Waals surface area contributed by atoms with Gasteiger partial charge >= 0.3 is 0 Å². The van der Waals surface area contributed by atoms with Crippen LogP contribution in [0.1, 0.15) is 19.4 Å². The minimum Gasteiger partial charge on any atom is -0.508 e. The fourth-order valence-corrected chi connectivity index (χ4v) is 2.41. The molecule has 2 nitrogen and oxygen atoms in total. The Bertz CT molecular complexity index is 528. The molecular formula is C18H23NO. The van der Waals surface area contributed by atoms with E-state index < -0.39 is 0 Å². The van der Waals surface area contributed by atoms with E-state index in [9.17, 15) is 5.11 Å². The van der Waals surface area contributed by atoms with Crippen LogP contribution < -0.4 is 5.32 Å². The first-order chi connectivity index (χ1) is 9.60. The lowest BCUT2D eigenvalue weighted by molar-refractivity contribution is 0.424. The Labute approximate surface area is 121 Å². The number of hydrogen-bond donors (Lipinski definition) is 2. The van der Waals surface area contributed by atoms with Gasteiger partial charge in [0.05, 0.1) is 0 Å². The predicted octanol–water partition coefficient (Wildman–Crippen LogP) is 3.85. The lowest BCUT2D eigenvalue weighted by Crippen LogP contribution is -2.32. The minimum atomic E-state index is 0.305. The molecule has 0 saturated heterocycles. The number of nitrogens with one attached hydrogen (secondary N) is 1. The van der Waals surface area contributed by atoms with E-state index in [1.165, 1.54) is 11.1 Å². The number of hydrogen-bond acceptors (Lipinski definition) is 2. The summed E-state index contributed by atoms with van der Waals surface area (Å²) >= 11 is 0. The summed E-state index contributed by atoms with van der Waals surface area (Å²) in [6.07, 6.45) is 1.05. The highest BCUT2D eigenvalue weighted by atomic mass is 16.3. The van der Waals surface area contributed by atoms with Crippen molar-refractivity contribution in [3.8, 4) is 16.9 Å². The quantitative estimate of drug-likeness (QED) is 0.864. The van der Waals surface area contributed by atoms with E-state index in [2.05, 4.69) is 43.4 Å². The fourth-order valence-electron chi connectivity index (χ4n) is 2.41. The van der Waals surface area contributed by atoms with Gasteiger partial charge in [0, 0.05) is 6.04 Å². The lowest BCUT2D eigenvalue weighted by atomic mass is 9.95. The van der Waals surface area contributed by atoms with Crippen LogP contribution in [0.25, 0.3) is 11.1 Å². The molecule has 1 unspecified atom stereocenters. The average Bonchev–Trinajstić information content (AvgIpc) is 2.46. The smallest absolute Gasteiger partial charge is 0.115 e. The first-order valence-corrected chi connectivity index (χ1v) is 7.15. The van der Waals surface area contributed by atoms with Gasteiger partial charge in [0.25, 0.3) is 0 Å². The Morgan fingerprint density at radius 2 is 1.40 bits per heavy atom. The van der Waals surface area contributed by atoms with E-state index in [-0.39, 0.29) is 0 Å². The summed E-state index contributed by atoms with van der Waals surface area (Å²) in [7, 11) is 2.02. The van der Waals surface area contributed by atoms with Gasteiger partial charge in [-0.3, -0.25) is 0 Å². The summed E-state index contributed by atoms with van der Waals surface area (Å²) in [6.45, 7) is 4.48. The zero-order chi connectivity index (χ0) is 14.5. The molecule has 20 heavy (non-hydrogen) atoms. The van der Waals surface area contributed by atoms with Crippen molar-refractivity contribution in [2.75, 3.05) is 7.05 Å². The van der Waals surface area contributed by atoms with Crippen LogP contribution in [0.2, 0.25) is 0 Å². The third kappa shape index (κ3) is 3.61. The molecule has 0 radical (unpaired) electrons. The van der Waals surface area contributed by atoms with Gasteiger partial charge in [0.15, 0.2) is 0 Å². The van der Waals surface area contributed by atoms with Crippen LogP contribution in [0.15, 0.2) is 48.5 Å². The van der Waals surface area contributed by atoms with Crippen LogP contribution in [0.4, 0.5) is 0 Å². The largest absolute Gasteiger partial charge is 0.508 e. The highest BCUT2D eigenvalue weighted by molar-refractivity contribution is 5.64. The highest BCUT2D eigenvalue weighted by Gasteiger charge is 2.11. The van der Waals surface area contributed by atoms with Crippen molar-refractivity contribution in [2.24, 2.45) is 5.92 Å². The highest BCUT2D eigenvalue weighted by Crippen LogP contribution is 2.22. The van der Waals surface area contributed by atoms with Gasteiger partial charge in [-0.1, -0.05) is 50.2 Å². The predicted molar refractivity (Wildman–Crippen MR) is 84.9 cm³/mol. The SMILES string of the molecule is CNC(Cc1ccc(-c2ccc(O)cc2)cc1)C(C)C. The molecule has 0 aliphatic rings. The number of phenols is 1. The Morgan fingerprint density at radius 1 is 0.900 bits per heavy atom. The molecular weight excluding hydrogens is 246 g/mol. The van der Waals surface area contributed by atoms with Gasteiger partial charge < -0.3 is 10.4 Å². The molecule has 2 rings (SSSR count). The molecule has 0 saturated carbocycles. The molecule has 2 N–H and O–H groups in total. The Balaban J connectivity index is 2.12. The summed E-state index contributed by atoms with van der Waals surface area (Å²) < 4.78 is 0.